The molecular formula is C18H17BrN4O2S2. The summed E-state index contributed by atoms with van der Waals surface area (Å²) in [4.78, 5) is 0.218. The summed E-state index contributed by atoms with van der Waals surface area (Å²) in [5, 5.41) is 4.91. The summed E-state index contributed by atoms with van der Waals surface area (Å²) < 4.78 is 28.5. The summed E-state index contributed by atoms with van der Waals surface area (Å²) in [5.41, 5.74) is 10.7. The highest BCUT2D eigenvalue weighted by molar-refractivity contribution is 9.10. The van der Waals surface area contributed by atoms with Gasteiger partial charge in [0.1, 0.15) is 0 Å². The van der Waals surface area contributed by atoms with Crippen LogP contribution in [0.15, 0.2) is 63.1 Å². The third kappa shape index (κ3) is 3.90. The fraction of sp³-hybridized carbons (Fsp3) is 0.111. The van der Waals surface area contributed by atoms with Gasteiger partial charge in [-0.25, -0.2) is 12.4 Å². The Morgan fingerprint density at radius 2 is 1.89 bits per heavy atom. The van der Waals surface area contributed by atoms with Gasteiger partial charge in [0.15, 0.2) is 5.11 Å². The van der Waals surface area contributed by atoms with Crippen LogP contribution in [0.25, 0.3) is 10.9 Å². The van der Waals surface area contributed by atoms with Gasteiger partial charge in [-0.3, -0.25) is 5.43 Å². The van der Waals surface area contributed by atoms with E-state index in [0.29, 0.717) is 16.8 Å². The Balaban J connectivity index is 2.24. The molecule has 0 amide bonds. The Labute approximate surface area is 171 Å². The van der Waals surface area contributed by atoms with E-state index in [9.17, 15) is 8.42 Å². The largest absolute Gasteiger partial charge is 0.375 e. The molecule has 1 heterocycles. The second-order valence-corrected chi connectivity index (χ2v) is 9.16. The number of rotatable bonds is 4. The second kappa shape index (κ2) is 7.41. The van der Waals surface area contributed by atoms with Crippen LogP contribution in [-0.4, -0.2) is 23.2 Å². The normalized spacial score (nSPS) is 12.3. The average molecular weight is 465 g/mol. The van der Waals surface area contributed by atoms with Crippen LogP contribution in [0.3, 0.4) is 0 Å². The van der Waals surface area contributed by atoms with Gasteiger partial charge in [-0.1, -0.05) is 33.6 Å². The van der Waals surface area contributed by atoms with Gasteiger partial charge in [-0.05, 0) is 56.4 Å². The highest BCUT2D eigenvalue weighted by Crippen LogP contribution is 2.29. The lowest BCUT2D eigenvalue weighted by atomic mass is 10.1. The van der Waals surface area contributed by atoms with Crippen LogP contribution in [0.1, 0.15) is 18.1 Å². The summed E-state index contributed by atoms with van der Waals surface area (Å²) in [6, 6.07) is 12.2. The number of thiocarbonyl (C=S) groups is 1. The van der Waals surface area contributed by atoms with Gasteiger partial charge < -0.3 is 5.73 Å². The Bertz CT molecular complexity index is 1170. The van der Waals surface area contributed by atoms with Crippen molar-refractivity contribution in [1.29, 1.82) is 0 Å². The topological polar surface area (TPSA) is 89.5 Å². The number of fused-ring (bicyclic) bond motifs is 1. The SMILES string of the molecule is C/C(=N/NC(N)=S)c1cn(S(=O)(=O)c2ccc(C)cc2)c2ccc(Br)cc12. The molecule has 0 atom stereocenters. The molecule has 0 aliphatic rings. The quantitative estimate of drug-likeness (QED) is 0.350. The first-order valence-corrected chi connectivity index (χ1v) is 10.6. The lowest BCUT2D eigenvalue weighted by Crippen LogP contribution is -2.25. The molecule has 9 heteroatoms. The van der Waals surface area contributed by atoms with Crippen LogP contribution in [-0.2, 0) is 10.0 Å². The number of benzene rings is 2. The van der Waals surface area contributed by atoms with E-state index >= 15 is 0 Å². The summed E-state index contributed by atoms with van der Waals surface area (Å²) in [6.07, 6.45) is 1.56. The van der Waals surface area contributed by atoms with Crippen molar-refractivity contribution in [3.05, 3.63) is 64.3 Å². The van der Waals surface area contributed by atoms with Crippen LogP contribution in [0, 0.1) is 6.92 Å². The van der Waals surface area contributed by atoms with E-state index in [2.05, 4.69) is 26.5 Å². The highest BCUT2D eigenvalue weighted by atomic mass is 79.9. The molecule has 0 fully saturated rings. The Hall–Kier alpha value is -2.23. The first kappa shape index (κ1) is 19.5. The summed E-state index contributed by atoms with van der Waals surface area (Å²) in [5.74, 6) is 0. The Kier molecular flexibility index (Phi) is 5.36. The van der Waals surface area contributed by atoms with Crippen LogP contribution >= 0.6 is 28.1 Å². The van der Waals surface area contributed by atoms with Crippen molar-refractivity contribution < 1.29 is 8.42 Å². The number of hydrazone groups is 1. The third-order valence-corrected chi connectivity index (χ3v) is 6.31. The Morgan fingerprint density at radius 3 is 2.52 bits per heavy atom. The van der Waals surface area contributed by atoms with Gasteiger partial charge in [0.05, 0.1) is 16.1 Å². The zero-order valence-electron chi connectivity index (χ0n) is 14.6. The Morgan fingerprint density at radius 1 is 1.22 bits per heavy atom. The van der Waals surface area contributed by atoms with Gasteiger partial charge in [-0.2, -0.15) is 5.10 Å². The fourth-order valence-corrected chi connectivity index (χ4v) is 4.46. The van der Waals surface area contributed by atoms with Crippen LogP contribution in [0.4, 0.5) is 0 Å². The molecule has 1 aromatic heterocycles. The maximum atomic E-state index is 13.2. The predicted octanol–water partition coefficient (Wildman–Crippen LogP) is 3.51. The maximum Gasteiger partial charge on any atom is 0.268 e. The van der Waals surface area contributed by atoms with E-state index < -0.39 is 10.0 Å². The number of nitrogens with two attached hydrogens (primary N) is 1. The zero-order valence-corrected chi connectivity index (χ0v) is 17.8. The minimum atomic E-state index is -3.76. The summed E-state index contributed by atoms with van der Waals surface area (Å²) in [7, 11) is -3.76. The van der Waals surface area contributed by atoms with E-state index in [1.54, 1.807) is 49.5 Å². The van der Waals surface area contributed by atoms with Crippen LogP contribution in [0.5, 0.6) is 0 Å². The van der Waals surface area contributed by atoms with E-state index in [0.717, 1.165) is 15.4 Å². The van der Waals surface area contributed by atoms with E-state index in [4.69, 9.17) is 18.0 Å². The summed E-state index contributed by atoms with van der Waals surface area (Å²) >= 11 is 8.21. The number of hydrogen-bond donors (Lipinski definition) is 2. The summed E-state index contributed by atoms with van der Waals surface area (Å²) in [6.45, 7) is 3.66. The number of aryl methyl sites for hydroxylation is 1. The molecule has 3 rings (SSSR count). The lowest BCUT2D eigenvalue weighted by molar-refractivity contribution is 0.589. The molecule has 0 aliphatic carbocycles. The monoisotopic (exact) mass is 464 g/mol. The van der Waals surface area contributed by atoms with Crippen molar-refractivity contribution in [3.63, 3.8) is 0 Å². The minimum Gasteiger partial charge on any atom is -0.375 e. The van der Waals surface area contributed by atoms with E-state index in [1.807, 2.05) is 13.0 Å². The van der Waals surface area contributed by atoms with Gasteiger partial charge in [0.25, 0.3) is 10.0 Å². The number of nitrogens with zero attached hydrogens (tertiary/aromatic N) is 2. The van der Waals surface area contributed by atoms with Crippen molar-refractivity contribution >= 4 is 59.9 Å². The molecule has 0 saturated carbocycles. The van der Waals surface area contributed by atoms with Gasteiger partial charge in [0.2, 0.25) is 0 Å². The molecular weight excluding hydrogens is 448 g/mol. The van der Waals surface area contributed by atoms with Crippen molar-refractivity contribution in [3.8, 4) is 0 Å². The molecule has 0 saturated heterocycles. The molecule has 0 aliphatic heterocycles. The van der Waals surface area contributed by atoms with Crippen molar-refractivity contribution in [2.75, 3.05) is 0 Å². The molecule has 0 radical (unpaired) electrons. The van der Waals surface area contributed by atoms with Crippen molar-refractivity contribution in [1.82, 2.24) is 9.40 Å². The number of aromatic nitrogens is 1. The molecule has 6 nitrogen and oxygen atoms in total. The molecule has 3 aromatic rings. The number of nitrogens with one attached hydrogen (secondary N) is 1. The van der Waals surface area contributed by atoms with Crippen LogP contribution in [0.2, 0.25) is 0 Å². The van der Waals surface area contributed by atoms with Crippen molar-refractivity contribution in [2.45, 2.75) is 18.7 Å². The molecule has 2 aromatic carbocycles. The maximum absolute atomic E-state index is 13.2. The first-order chi connectivity index (χ1) is 12.7. The van der Waals surface area contributed by atoms with Gasteiger partial charge >= 0.3 is 0 Å². The van der Waals surface area contributed by atoms with E-state index in [-0.39, 0.29) is 10.0 Å². The smallest absolute Gasteiger partial charge is 0.268 e. The first-order valence-electron chi connectivity index (χ1n) is 7.93. The molecule has 140 valence electrons. The number of halogens is 1. The van der Waals surface area contributed by atoms with E-state index in [1.165, 1.54) is 3.97 Å². The molecule has 0 spiro atoms. The molecule has 0 unspecified atom stereocenters. The van der Waals surface area contributed by atoms with Crippen LogP contribution < -0.4 is 11.2 Å². The third-order valence-electron chi connectivity index (χ3n) is 4.03. The molecule has 3 N–H and O–H groups in total. The van der Waals surface area contributed by atoms with Crippen molar-refractivity contribution in [2.24, 2.45) is 10.8 Å². The predicted molar refractivity (Wildman–Crippen MR) is 116 cm³/mol. The fourth-order valence-electron chi connectivity index (χ4n) is 2.68. The molecule has 27 heavy (non-hydrogen) atoms. The standard InChI is InChI=1S/C18H17BrN4O2S2/c1-11-3-6-14(7-4-11)27(24,25)23-10-16(12(2)21-22-18(20)26)15-9-13(19)5-8-17(15)23/h3-10H,1-2H3,(H3,20,22,26)/b21-12-. The molecule has 0 bridgehead atoms. The van der Waals surface area contributed by atoms with Gasteiger partial charge in [-0.15, -0.1) is 0 Å². The number of hydrogen-bond acceptors (Lipinski definition) is 4. The average Bonchev–Trinajstić information content (AvgIpc) is 2.99. The minimum absolute atomic E-state index is 0.0338. The lowest BCUT2D eigenvalue weighted by Gasteiger charge is -2.08. The van der Waals surface area contributed by atoms with Gasteiger partial charge in [0, 0.05) is 21.6 Å². The highest BCUT2D eigenvalue weighted by Gasteiger charge is 2.22. The zero-order chi connectivity index (χ0) is 19.8. The second-order valence-electron chi connectivity index (χ2n) is 5.99.